The van der Waals surface area contributed by atoms with Gasteiger partial charge in [0.2, 0.25) is 0 Å². The zero-order valence-electron chi connectivity index (χ0n) is 14.5. The number of para-hydroxylation sites is 1. The molecule has 132 valence electrons. The summed E-state index contributed by atoms with van der Waals surface area (Å²) < 4.78 is 0. The fraction of sp³-hybridized carbons (Fsp3) is 0.650. The molecule has 1 aliphatic carbocycles. The number of piperidine rings is 1. The van der Waals surface area contributed by atoms with Gasteiger partial charge in [-0.2, -0.15) is 0 Å². The summed E-state index contributed by atoms with van der Waals surface area (Å²) in [7, 11) is 0. The van der Waals surface area contributed by atoms with E-state index in [9.17, 15) is 9.90 Å². The normalized spacial score (nSPS) is 21.9. The van der Waals surface area contributed by atoms with E-state index in [0.717, 1.165) is 49.5 Å². The molecule has 1 saturated heterocycles. The van der Waals surface area contributed by atoms with Crippen LogP contribution in [-0.2, 0) is 0 Å². The van der Waals surface area contributed by atoms with Crippen molar-refractivity contribution >= 4 is 11.6 Å². The van der Waals surface area contributed by atoms with Crippen LogP contribution in [0.25, 0.3) is 0 Å². The van der Waals surface area contributed by atoms with Crippen LogP contribution in [0.3, 0.4) is 0 Å². The highest BCUT2D eigenvalue weighted by atomic mass is 16.3. The third-order valence-corrected chi connectivity index (χ3v) is 5.42. The number of aliphatic hydroxyl groups is 1. The number of hydrogen-bond acceptors (Lipinski definition) is 3. The van der Waals surface area contributed by atoms with Gasteiger partial charge >= 0.3 is 0 Å². The van der Waals surface area contributed by atoms with E-state index in [1.165, 1.54) is 32.1 Å². The summed E-state index contributed by atoms with van der Waals surface area (Å²) >= 11 is 0. The average molecular weight is 330 g/mol. The van der Waals surface area contributed by atoms with Crippen molar-refractivity contribution in [2.75, 3.05) is 25.0 Å². The minimum absolute atomic E-state index is 0.0349. The summed E-state index contributed by atoms with van der Waals surface area (Å²) in [5, 5.41) is 13.3. The van der Waals surface area contributed by atoms with E-state index in [0.29, 0.717) is 6.54 Å². The van der Waals surface area contributed by atoms with E-state index >= 15 is 0 Å². The molecule has 0 spiro atoms. The van der Waals surface area contributed by atoms with Crippen LogP contribution in [0.4, 0.5) is 5.69 Å². The van der Waals surface area contributed by atoms with Gasteiger partial charge in [0.25, 0.3) is 5.91 Å². The molecular weight excluding hydrogens is 300 g/mol. The number of likely N-dealkylation sites (tertiary alicyclic amines) is 1. The Labute approximate surface area is 145 Å². The number of anilines is 1. The van der Waals surface area contributed by atoms with Gasteiger partial charge in [0.15, 0.2) is 0 Å². The monoisotopic (exact) mass is 330 g/mol. The second-order valence-electron chi connectivity index (χ2n) is 7.31. The third-order valence-electron chi connectivity index (χ3n) is 5.42. The summed E-state index contributed by atoms with van der Waals surface area (Å²) in [6, 6.07) is 7.77. The van der Waals surface area contributed by atoms with Gasteiger partial charge < -0.3 is 15.3 Å². The average Bonchev–Trinajstić information content (AvgIpc) is 3.12. The SMILES string of the molecule is O=C(c1ccccc1NCCCC1CCCC1)N1CCC[C@H](O)C1. The zero-order valence-corrected chi connectivity index (χ0v) is 14.5. The molecule has 0 radical (unpaired) electrons. The summed E-state index contributed by atoms with van der Waals surface area (Å²) in [6.07, 6.45) is 9.34. The molecule has 3 rings (SSSR count). The smallest absolute Gasteiger partial charge is 0.256 e. The highest BCUT2D eigenvalue weighted by Crippen LogP contribution is 2.28. The van der Waals surface area contributed by atoms with Crippen molar-refractivity contribution in [3.63, 3.8) is 0 Å². The maximum Gasteiger partial charge on any atom is 0.256 e. The predicted octanol–water partition coefficient (Wildman–Crippen LogP) is 3.67. The number of carbonyl (C=O) groups excluding carboxylic acids is 1. The van der Waals surface area contributed by atoms with Crippen LogP contribution >= 0.6 is 0 Å². The van der Waals surface area contributed by atoms with Crippen LogP contribution in [0, 0.1) is 5.92 Å². The second kappa shape index (κ2) is 8.52. The first-order valence-corrected chi connectivity index (χ1v) is 9.54. The molecule has 24 heavy (non-hydrogen) atoms. The number of carbonyl (C=O) groups is 1. The number of rotatable bonds is 6. The summed E-state index contributed by atoms with van der Waals surface area (Å²) in [4.78, 5) is 14.6. The molecule has 0 bridgehead atoms. The maximum atomic E-state index is 12.8. The van der Waals surface area contributed by atoms with Gasteiger partial charge in [-0.1, -0.05) is 37.8 Å². The number of nitrogens with one attached hydrogen (secondary N) is 1. The van der Waals surface area contributed by atoms with Gasteiger partial charge in [-0.05, 0) is 43.7 Å². The van der Waals surface area contributed by atoms with E-state index in [1.807, 2.05) is 24.3 Å². The molecule has 4 heteroatoms. The number of benzene rings is 1. The second-order valence-corrected chi connectivity index (χ2v) is 7.31. The van der Waals surface area contributed by atoms with E-state index in [2.05, 4.69) is 5.32 Å². The van der Waals surface area contributed by atoms with Crippen LogP contribution in [0.2, 0.25) is 0 Å². The Hall–Kier alpha value is -1.55. The lowest BCUT2D eigenvalue weighted by atomic mass is 10.0. The van der Waals surface area contributed by atoms with Crippen molar-refractivity contribution in [3.05, 3.63) is 29.8 Å². The lowest BCUT2D eigenvalue weighted by Crippen LogP contribution is -2.42. The van der Waals surface area contributed by atoms with Gasteiger partial charge in [-0.25, -0.2) is 0 Å². The molecule has 1 amide bonds. The Bertz CT molecular complexity index is 540. The Morgan fingerprint density at radius 1 is 1.17 bits per heavy atom. The van der Waals surface area contributed by atoms with Crippen molar-refractivity contribution < 1.29 is 9.90 Å². The quantitative estimate of drug-likeness (QED) is 0.783. The molecule has 0 unspecified atom stereocenters. The predicted molar refractivity (Wildman–Crippen MR) is 97.3 cm³/mol. The van der Waals surface area contributed by atoms with Crippen molar-refractivity contribution in [2.24, 2.45) is 5.92 Å². The highest BCUT2D eigenvalue weighted by molar-refractivity contribution is 5.99. The maximum absolute atomic E-state index is 12.8. The van der Waals surface area contributed by atoms with E-state index < -0.39 is 0 Å². The number of β-amino-alcohol motifs (C(OH)–C–C–N with tert-alkyl or cyclic N) is 1. The first-order valence-electron chi connectivity index (χ1n) is 9.54. The molecule has 1 atom stereocenters. The van der Waals surface area contributed by atoms with Gasteiger partial charge in [-0.15, -0.1) is 0 Å². The molecule has 1 aromatic rings. The minimum Gasteiger partial charge on any atom is -0.391 e. The number of hydrogen-bond donors (Lipinski definition) is 2. The lowest BCUT2D eigenvalue weighted by molar-refractivity contribution is 0.0474. The molecule has 4 nitrogen and oxygen atoms in total. The van der Waals surface area contributed by atoms with Crippen LogP contribution < -0.4 is 5.32 Å². The molecular formula is C20H30N2O2. The molecule has 1 aliphatic heterocycles. The van der Waals surface area contributed by atoms with E-state index in [4.69, 9.17) is 0 Å². The Balaban J connectivity index is 1.54. The first-order chi connectivity index (χ1) is 11.7. The lowest BCUT2D eigenvalue weighted by Gasteiger charge is -2.30. The van der Waals surface area contributed by atoms with Gasteiger partial charge in [0.1, 0.15) is 0 Å². The Morgan fingerprint density at radius 2 is 1.96 bits per heavy atom. The summed E-state index contributed by atoms with van der Waals surface area (Å²) in [5.41, 5.74) is 1.65. The summed E-state index contributed by atoms with van der Waals surface area (Å²) in [6.45, 7) is 2.12. The topological polar surface area (TPSA) is 52.6 Å². The summed E-state index contributed by atoms with van der Waals surface area (Å²) in [5.74, 6) is 0.950. The first kappa shape index (κ1) is 17.3. The molecule has 0 aromatic heterocycles. The van der Waals surface area contributed by atoms with Crippen LogP contribution in [0.1, 0.15) is 61.7 Å². The van der Waals surface area contributed by atoms with Crippen LogP contribution in [-0.4, -0.2) is 41.7 Å². The number of aliphatic hydroxyl groups excluding tert-OH is 1. The van der Waals surface area contributed by atoms with Crippen molar-refractivity contribution in [1.82, 2.24) is 4.90 Å². The van der Waals surface area contributed by atoms with Crippen molar-refractivity contribution in [1.29, 1.82) is 0 Å². The van der Waals surface area contributed by atoms with Crippen LogP contribution in [0.15, 0.2) is 24.3 Å². The molecule has 2 fully saturated rings. The zero-order chi connectivity index (χ0) is 16.8. The molecule has 1 aromatic carbocycles. The third kappa shape index (κ3) is 4.50. The fourth-order valence-electron chi connectivity index (χ4n) is 4.05. The van der Waals surface area contributed by atoms with E-state index in [-0.39, 0.29) is 12.0 Å². The Morgan fingerprint density at radius 3 is 2.75 bits per heavy atom. The van der Waals surface area contributed by atoms with Gasteiger partial charge in [-0.3, -0.25) is 4.79 Å². The largest absolute Gasteiger partial charge is 0.391 e. The number of amides is 1. The minimum atomic E-state index is -0.380. The van der Waals surface area contributed by atoms with Gasteiger partial charge in [0, 0.05) is 25.3 Å². The molecule has 1 saturated carbocycles. The molecule has 1 heterocycles. The van der Waals surface area contributed by atoms with Crippen molar-refractivity contribution in [3.8, 4) is 0 Å². The molecule has 2 N–H and O–H groups in total. The molecule has 2 aliphatic rings. The standard InChI is InChI=1S/C20H30N2O2/c23-17-10-6-14-22(15-17)20(24)18-11-3-4-12-19(18)21-13-5-9-16-7-1-2-8-16/h3-4,11-12,16-17,21,23H,1-2,5-10,13-15H2/t17-/m0/s1. The Kier molecular flexibility index (Phi) is 6.13. The van der Waals surface area contributed by atoms with Crippen LogP contribution in [0.5, 0.6) is 0 Å². The van der Waals surface area contributed by atoms with Gasteiger partial charge in [0.05, 0.1) is 11.7 Å². The highest BCUT2D eigenvalue weighted by Gasteiger charge is 2.24. The van der Waals surface area contributed by atoms with E-state index in [1.54, 1.807) is 4.90 Å². The fourth-order valence-corrected chi connectivity index (χ4v) is 4.05. The number of nitrogens with zero attached hydrogens (tertiary/aromatic N) is 1. The van der Waals surface area contributed by atoms with Crippen molar-refractivity contribution in [2.45, 2.75) is 57.5 Å².